The summed E-state index contributed by atoms with van der Waals surface area (Å²) in [7, 11) is 1.48. The van der Waals surface area contributed by atoms with E-state index in [0.717, 1.165) is 21.5 Å². The molecule has 1 aromatic heterocycles. The minimum absolute atomic E-state index is 0.0933. The Morgan fingerprint density at radius 1 is 1.26 bits per heavy atom. The Bertz CT molecular complexity index is 938. The van der Waals surface area contributed by atoms with Crippen LogP contribution in [-0.4, -0.2) is 40.5 Å². The lowest BCUT2D eigenvalue weighted by atomic mass is 10.2. The highest BCUT2D eigenvalue weighted by molar-refractivity contribution is 8.18. The lowest BCUT2D eigenvalue weighted by Gasteiger charge is -2.20. The molecule has 0 atom stereocenters. The Balaban J connectivity index is 1.70. The van der Waals surface area contributed by atoms with Gasteiger partial charge in [-0.15, -0.1) is 11.3 Å². The fourth-order valence-electron chi connectivity index (χ4n) is 2.32. The van der Waals surface area contributed by atoms with Gasteiger partial charge in [0.1, 0.15) is 6.54 Å². The van der Waals surface area contributed by atoms with Crippen molar-refractivity contribution >= 4 is 57.6 Å². The number of thiophene rings is 1. The maximum absolute atomic E-state index is 12.5. The summed E-state index contributed by atoms with van der Waals surface area (Å²) in [6.07, 6.45) is 1.63. The van der Waals surface area contributed by atoms with Crippen molar-refractivity contribution in [2.24, 2.45) is 0 Å². The number of nitro groups is 1. The van der Waals surface area contributed by atoms with E-state index in [1.165, 1.54) is 47.5 Å². The fourth-order valence-corrected chi connectivity index (χ4v) is 3.88. The average Bonchev–Trinajstić information content (AvgIpc) is 3.25. The Morgan fingerprint density at radius 2 is 1.96 bits per heavy atom. The molecular weight excluding hydrogens is 390 g/mol. The van der Waals surface area contributed by atoms with E-state index >= 15 is 0 Å². The van der Waals surface area contributed by atoms with Crippen LogP contribution in [0.5, 0.6) is 0 Å². The number of benzene rings is 1. The Kier molecular flexibility index (Phi) is 5.38. The van der Waals surface area contributed by atoms with Crippen molar-refractivity contribution in [2.45, 2.75) is 0 Å². The number of amides is 3. The number of rotatable bonds is 5. The van der Waals surface area contributed by atoms with E-state index in [1.807, 2.05) is 17.5 Å². The molecule has 2 heterocycles. The normalized spacial score (nSPS) is 15.4. The first kappa shape index (κ1) is 18.8. The number of hydrogen-bond donors (Lipinski definition) is 0. The van der Waals surface area contributed by atoms with Gasteiger partial charge >= 0.3 is 0 Å². The summed E-state index contributed by atoms with van der Waals surface area (Å²) < 4.78 is 0. The summed E-state index contributed by atoms with van der Waals surface area (Å²) in [6, 6.07) is 9.09. The van der Waals surface area contributed by atoms with Crippen LogP contribution in [0.2, 0.25) is 0 Å². The quantitative estimate of drug-likeness (QED) is 0.431. The van der Waals surface area contributed by atoms with Gasteiger partial charge in [-0.3, -0.25) is 29.4 Å². The fraction of sp³-hybridized carbons (Fsp3) is 0.118. The molecule has 0 aliphatic carbocycles. The zero-order valence-corrected chi connectivity index (χ0v) is 15.7. The molecule has 10 heteroatoms. The molecule has 0 radical (unpaired) electrons. The maximum Gasteiger partial charge on any atom is 0.294 e. The molecule has 1 saturated heterocycles. The molecule has 8 nitrogen and oxygen atoms in total. The monoisotopic (exact) mass is 403 g/mol. The molecule has 2 aromatic rings. The second-order valence-electron chi connectivity index (χ2n) is 5.51. The predicted octanol–water partition coefficient (Wildman–Crippen LogP) is 3.36. The first-order valence-electron chi connectivity index (χ1n) is 7.66. The number of anilines is 1. The van der Waals surface area contributed by atoms with Crippen LogP contribution in [0.15, 0.2) is 46.7 Å². The van der Waals surface area contributed by atoms with Gasteiger partial charge in [-0.1, -0.05) is 6.07 Å². The zero-order valence-electron chi connectivity index (χ0n) is 14.0. The van der Waals surface area contributed by atoms with E-state index in [9.17, 15) is 24.5 Å². The SMILES string of the molecule is CN(C(=O)CN1C(=O)S/C(=C\c2cccs2)C1=O)c1ccc([N+](=O)[O-])cc1. The molecule has 0 spiro atoms. The number of thioether (sulfide) groups is 1. The Morgan fingerprint density at radius 3 is 2.56 bits per heavy atom. The maximum atomic E-state index is 12.5. The highest BCUT2D eigenvalue weighted by atomic mass is 32.2. The largest absolute Gasteiger partial charge is 0.314 e. The van der Waals surface area contributed by atoms with Crippen molar-refractivity contribution in [2.75, 3.05) is 18.5 Å². The van der Waals surface area contributed by atoms with Crippen molar-refractivity contribution in [3.05, 3.63) is 61.7 Å². The van der Waals surface area contributed by atoms with Crippen molar-refractivity contribution in [1.82, 2.24) is 4.90 Å². The lowest BCUT2D eigenvalue weighted by Crippen LogP contribution is -2.40. The second-order valence-corrected chi connectivity index (χ2v) is 7.48. The first-order chi connectivity index (χ1) is 12.9. The molecule has 1 aliphatic rings. The first-order valence-corrected chi connectivity index (χ1v) is 9.36. The third kappa shape index (κ3) is 4.07. The van der Waals surface area contributed by atoms with Crippen LogP contribution in [-0.2, 0) is 9.59 Å². The highest BCUT2D eigenvalue weighted by Gasteiger charge is 2.37. The summed E-state index contributed by atoms with van der Waals surface area (Å²) >= 11 is 2.23. The number of imide groups is 1. The predicted molar refractivity (Wildman–Crippen MR) is 104 cm³/mol. The smallest absolute Gasteiger partial charge is 0.294 e. The molecule has 3 rings (SSSR count). The van der Waals surface area contributed by atoms with Crippen LogP contribution in [0.3, 0.4) is 0 Å². The molecule has 1 aromatic carbocycles. The molecule has 1 aliphatic heterocycles. The van der Waals surface area contributed by atoms with Gasteiger partial charge in [-0.05, 0) is 41.4 Å². The average molecular weight is 403 g/mol. The zero-order chi connectivity index (χ0) is 19.6. The summed E-state index contributed by atoms with van der Waals surface area (Å²) in [5.74, 6) is -0.993. The van der Waals surface area contributed by atoms with Crippen LogP contribution in [0.1, 0.15) is 4.88 Å². The van der Waals surface area contributed by atoms with Gasteiger partial charge in [0.05, 0.1) is 9.83 Å². The number of nitrogens with zero attached hydrogens (tertiary/aromatic N) is 3. The summed E-state index contributed by atoms with van der Waals surface area (Å²) in [5, 5.41) is 12.1. The number of likely N-dealkylation sites (N-methyl/N-ethyl adjacent to an activating group) is 1. The van der Waals surface area contributed by atoms with E-state index in [1.54, 1.807) is 6.08 Å². The lowest BCUT2D eigenvalue weighted by molar-refractivity contribution is -0.384. The Labute approximate surface area is 162 Å². The van der Waals surface area contributed by atoms with Crippen LogP contribution in [0, 0.1) is 10.1 Å². The van der Waals surface area contributed by atoms with Crippen molar-refractivity contribution < 1.29 is 19.3 Å². The minimum atomic E-state index is -0.536. The standard InChI is InChI=1S/C17H13N3O5S2/c1-18(11-4-6-12(7-5-11)20(24)25)15(21)10-19-16(22)14(27-17(19)23)9-13-3-2-8-26-13/h2-9H,10H2,1H3/b14-9-. The number of hydrogen-bond acceptors (Lipinski definition) is 7. The molecule has 0 N–H and O–H groups in total. The van der Waals surface area contributed by atoms with Crippen molar-refractivity contribution in [3.8, 4) is 0 Å². The molecule has 1 fully saturated rings. The number of nitro benzene ring substituents is 1. The Hall–Kier alpha value is -2.98. The highest BCUT2D eigenvalue weighted by Crippen LogP contribution is 2.33. The van der Waals surface area contributed by atoms with Gasteiger partial charge in [0.25, 0.3) is 16.8 Å². The third-order valence-electron chi connectivity index (χ3n) is 3.81. The van der Waals surface area contributed by atoms with Crippen LogP contribution >= 0.6 is 23.1 Å². The second kappa shape index (κ2) is 7.72. The van der Waals surface area contributed by atoms with E-state index in [2.05, 4.69) is 0 Å². The van der Waals surface area contributed by atoms with E-state index in [4.69, 9.17) is 0 Å². The molecule has 3 amide bonds. The number of carbonyl (C=O) groups excluding carboxylic acids is 3. The summed E-state index contributed by atoms with van der Waals surface area (Å²) in [4.78, 5) is 50.4. The number of non-ortho nitro benzene ring substituents is 1. The topological polar surface area (TPSA) is 101 Å². The van der Waals surface area contributed by atoms with Gasteiger partial charge in [0, 0.05) is 29.7 Å². The van der Waals surface area contributed by atoms with Crippen LogP contribution in [0.4, 0.5) is 16.2 Å². The summed E-state index contributed by atoms with van der Waals surface area (Å²) in [6.45, 7) is -0.403. The molecule has 138 valence electrons. The van der Waals surface area contributed by atoms with Crippen LogP contribution < -0.4 is 4.90 Å². The van der Waals surface area contributed by atoms with Gasteiger partial charge in [-0.2, -0.15) is 0 Å². The summed E-state index contributed by atoms with van der Waals surface area (Å²) in [5.41, 5.74) is 0.330. The van der Waals surface area contributed by atoms with Gasteiger partial charge in [-0.25, -0.2) is 0 Å². The van der Waals surface area contributed by atoms with Gasteiger partial charge in [0.15, 0.2) is 0 Å². The molecular formula is C17H13N3O5S2. The molecule has 0 saturated carbocycles. The molecule has 0 bridgehead atoms. The third-order valence-corrected chi connectivity index (χ3v) is 5.53. The molecule has 27 heavy (non-hydrogen) atoms. The van der Waals surface area contributed by atoms with E-state index in [-0.39, 0.29) is 10.6 Å². The van der Waals surface area contributed by atoms with Crippen molar-refractivity contribution in [3.63, 3.8) is 0 Å². The van der Waals surface area contributed by atoms with Gasteiger partial charge < -0.3 is 4.90 Å². The van der Waals surface area contributed by atoms with E-state index in [0.29, 0.717) is 5.69 Å². The number of carbonyl (C=O) groups is 3. The van der Waals surface area contributed by atoms with Crippen molar-refractivity contribution in [1.29, 1.82) is 0 Å². The minimum Gasteiger partial charge on any atom is -0.314 e. The molecule has 0 unspecified atom stereocenters. The van der Waals surface area contributed by atoms with Gasteiger partial charge in [0.2, 0.25) is 5.91 Å². The van der Waals surface area contributed by atoms with Crippen LogP contribution in [0.25, 0.3) is 6.08 Å². The van der Waals surface area contributed by atoms with E-state index < -0.39 is 28.5 Å².